The summed E-state index contributed by atoms with van der Waals surface area (Å²) in [5.41, 5.74) is 13.3. The summed E-state index contributed by atoms with van der Waals surface area (Å²) in [6.45, 7) is 9.41. The summed E-state index contributed by atoms with van der Waals surface area (Å²) >= 11 is 0. The zero-order valence-electron chi connectivity index (χ0n) is 60.3. The Morgan fingerprint density at radius 1 is 0.615 bits per heavy atom. The first-order valence-corrected chi connectivity index (χ1v) is 36.1. The number of amides is 9. The molecule has 7 N–H and O–H groups in total. The quantitative estimate of drug-likeness (QED) is 0.00854. The number of imide groups is 1. The van der Waals surface area contributed by atoms with Crippen LogP contribution in [-0.2, 0) is 101 Å². The number of hydrogen-bond acceptors (Lipinski definition) is 25. The van der Waals surface area contributed by atoms with Crippen molar-refractivity contribution >= 4 is 88.5 Å². The highest BCUT2D eigenvalue weighted by atomic mass is 17.9. The van der Waals surface area contributed by atoms with E-state index in [9.17, 15) is 43.2 Å². The molecule has 5 aromatic rings. The SMILES string of the molecule is C=C(Nc1ccc2c(c1)CN1C(=O)c3cc4c(cc3N=C[C@@H]1C2)OCCCOc1cc2c(cc1OCCCCCCCCO4)C(=O)N1Cc3ccccc3C[C@H]1C=N2)OCc1ccc(NC(=O)[C@H](CCCNC(N)=O)CC(=O)[C@@H](NC(=O)OOOOOOOOCCNC(=O)CCN2C(=O)C=CC2=O)C(C)C)cc1. The number of ketones is 1. The molecule has 11 rings (SSSR count). The molecular formula is C76H87N11O22. The number of urea groups is 1. The predicted molar refractivity (Wildman–Crippen MR) is 388 cm³/mol. The molecule has 578 valence electrons. The Morgan fingerprint density at radius 3 is 1.80 bits per heavy atom. The van der Waals surface area contributed by atoms with Crippen molar-refractivity contribution in [3.63, 3.8) is 0 Å². The fourth-order valence-electron chi connectivity index (χ4n) is 13.0. The highest BCUT2D eigenvalue weighted by Crippen LogP contribution is 2.42. The number of nitrogens with zero attached hydrogens (tertiary/aromatic N) is 5. The summed E-state index contributed by atoms with van der Waals surface area (Å²) in [5, 5.41) is 37.7. The van der Waals surface area contributed by atoms with E-state index in [0.717, 1.165) is 77.8 Å². The maximum Gasteiger partial charge on any atom is 0.442 e. The van der Waals surface area contributed by atoms with Gasteiger partial charge in [0.2, 0.25) is 11.8 Å². The molecule has 109 heavy (non-hydrogen) atoms. The van der Waals surface area contributed by atoms with Gasteiger partial charge in [-0.25, -0.2) is 19.4 Å². The molecule has 0 unspecified atom stereocenters. The van der Waals surface area contributed by atoms with Gasteiger partial charge >= 0.3 is 12.1 Å². The van der Waals surface area contributed by atoms with E-state index in [1.165, 1.54) is 5.56 Å². The minimum atomic E-state index is -1.30. The Bertz CT molecular complexity index is 4210. The van der Waals surface area contributed by atoms with Gasteiger partial charge in [0.15, 0.2) is 34.7 Å². The number of nitrogens with one attached hydrogen (secondary N) is 5. The van der Waals surface area contributed by atoms with Gasteiger partial charge in [0, 0.05) is 121 Å². The number of anilines is 2. The first-order chi connectivity index (χ1) is 52.9. The Kier molecular flexibility index (Phi) is 28.2. The maximum atomic E-state index is 14.7. The number of carbonyl (C=O) groups excluding carboxylic acids is 9. The van der Waals surface area contributed by atoms with E-state index in [0.29, 0.717) is 102 Å². The number of benzene rings is 5. The van der Waals surface area contributed by atoms with E-state index < -0.39 is 59.4 Å². The Balaban J connectivity index is 0.625. The first-order valence-electron chi connectivity index (χ1n) is 36.1. The van der Waals surface area contributed by atoms with Gasteiger partial charge in [-0.15, -0.1) is 0 Å². The van der Waals surface area contributed by atoms with Crippen molar-refractivity contribution in [3.05, 3.63) is 155 Å². The molecule has 0 saturated carbocycles. The average molecular weight is 1510 g/mol. The van der Waals surface area contributed by atoms with Gasteiger partial charge in [-0.1, -0.05) is 82.0 Å². The lowest BCUT2D eigenvalue weighted by atomic mass is 9.89. The van der Waals surface area contributed by atoms with Crippen LogP contribution >= 0.6 is 0 Å². The van der Waals surface area contributed by atoms with E-state index in [2.05, 4.69) is 85.3 Å². The van der Waals surface area contributed by atoms with Gasteiger partial charge in [0.25, 0.3) is 23.6 Å². The van der Waals surface area contributed by atoms with E-state index in [-0.39, 0.29) is 102 Å². The van der Waals surface area contributed by atoms with Gasteiger partial charge in [0.1, 0.15) is 13.2 Å². The highest BCUT2D eigenvalue weighted by Gasteiger charge is 2.37. The number of nitrogens with two attached hydrogens (primary N) is 1. The number of hydrogen-bond donors (Lipinski definition) is 6. The number of ether oxygens (including phenoxy) is 5. The molecule has 0 radical (unpaired) electrons. The normalized spacial score (nSPS) is 17.4. The van der Waals surface area contributed by atoms with Crippen LogP contribution in [0.15, 0.2) is 126 Å². The predicted octanol–water partition coefficient (Wildman–Crippen LogP) is 8.98. The average Bonchev–Trinajstić information content (AvgIpc) is 1.70. The lowest BCUT2D eigenvalue weighted by molar-refractivity contribution is -0.809. The first kappa shape index (κ1) is 78.7. The van der Waals surface area contributed by atoms with Crippen molar-refractivity contribution < 1.29 is 107 Å². The van der Waals surface area contributed by atoms with Gasteiger partial charge in [-0.2, -0.15) is 0 Å². The molecule has 0 aromatic heterocycles. The van der Waals surface area contributed by atoms with Crippen LogP contribution in [0.1, 0.15) is 133 Å². The second kappa shape index (κ2) is 39.0. The number of carbonyl (C=O) groups is 9. The van der Waals surface area contributed by atoms with E-state index >= 15 is 0 Å². The summed E-state index contributed by atoms with van der Waals surface area (Å²) in [4.78, 5) is 139. The van der Waals surface area contributed by atoms with Crippen LogP contribution in [-0.4, -0.2) is 151 Å². The number of Topliss-reactive ketones (excluding diaryl/α,β-unsaturated/α-hetero) is 1. The molecule has 0 bridgehead atoms. The number of aliphatic imine (C=N–C) groups is 2. The molecule has 6 aliphatic heterocycles. The minimum absolute atomic E-state index is 0.0688. The summed E-state index contributed by atoms with van der Waals surface area (Å²) in [6.07, 6.45) is 11.8. The van der Waals surface area contributed by atoms with Gasteiger partial charge in [-0.05, 0) is 130 Å². The van der Waals surface area contributed by atoms with Crippen LogP contribution in [0.25, 0.3) is 0 Å². The summed E-state index contributed by atoms with van der Waals surface area (Å²) in [7, 11) is 0. The Morgan fingerprint density at radius 2 is 1.17 bits per heavy atom. The van der Waals surface area contributed by atoms with E-state index in [4.69, 9.17) is 39.4 Å². The lowest BCUT2D eigenvalue weighted by Crippen LogP contribution is -2.45. The fourth-order valence-corrected chi connectivity index (χ4v) is 13.0. The molecule has 0 fully saturated rings. The highest BCUT2D eigenvalue weighted by molar-refractivity contribution is 6.13. The van der Waals surface area contributed by atoms with Crippen LogP contribution in [0.4, 0.5) is 32.3 Å². The largest absolute Gasteiger partial charge is 0.490 e. The van der Waals surface area contributed by atoms with Crippen molar-refractivity contribution in [1.82, 2.24) is 30.7 Å². The summed E-state index contributed by atoms with van der Waals surface area (Å²) < 4.78 is 31.7. The molecule has 6 heterocycles. The van der Waals surface area contributed by atoms with Crippen LogP contribution < -0.4 is 51.3 Å². The molecule has 33 nitrogen and oxygen atoms in total. The molecule has 4 atom stereocenters. The van der Waals surface area contributed by atoms with Crippen molar-refractivity contribution in [1.29, 1.82) is 0 Å². The minimum Gasteiger partial charge on any atom is -0.490 e. The molecule has 33 heteroatoms. The zero-order chi connectivity index (χ0) is 76.6. The third-order valence-electron chi connectivity index (χ3n) is 18.7. The molecule has 6 aliphatic rings. The molecule has 5 aromatic carbocycles. The molecule has 0 aliphatic carbocycles. The van der Waals surface area contributed by atoms with E-state index in [1.807, 2.05) is 52.6 Å². The maximum absolute atomic E-state index is 14.7. The molecule has 0 saturated heterocycles. The molecular weight excluding hydrogens is 1420 g/mol. The van der Waals surface area contributed by atoms with Crippen LogP contribution in [0.3, 0.4) is 0 Å². The zero-order valence-corrected chi connectivity index (χ0v) is 60.3. The lowest BCUT2D eigenvalue weighted by Gasteiger charge is -2.34. The van der Waals surface area contributed by atoms with Gasteiger partial charge in [-0.3, -0.25) is 48.4 Å². The topological polar surface area (TPSA) is 394 Å². The van der Waals surface area contributed by atoms with E-state index in [1.54, 1.807) is 62.4 Å². The standard InChI is InChI=1S/C76H87N11O22/c1-47(2)71(84-76(96)103-105-107-109-108-106-104-102-33-27-78-68(89)25-28-85-69(90)23-24-70(85)91)63(88)37-52(16-12-26-79-75(77)95)72(92)83-55-20-17-49(18-21-55)46-101-48(3)82-56-22-19-51-36-58-43-81-62-41-67-65(39-60(62)74(94)87(58)45-54(51)34-56)98-30-11-7-5-4-6-10-29-97-64-38-59-61(40-66(64)99-31-13-32-100-67)80-42-57-35-50-14-8-9-15-53(50)44-86(57)73(59)93/h8-9,14-15,17-24,34,38-43,47,52,57-58,71,82H,3-7,10-13,16,25-33,35-37,44-46H2,1-2H3,(H,78,89)(H,83,92)(H,84,96)(H3,77,79,95)/t52-,57+,58+,71+/m1/s1. The Labute approximate surface area is 627 Å². The van der Waals surface area contributed by atoms with Crippen molar-refractivity contribution in [2.24, 2.45) is 27.6 Å². The third kappa shape index (κ3) is 22.2. The van der Waals surface area contributed by atoms with Crippen LogP contribution in [0.2, 0.25) is 0 Å². The van der Waals surface area contributed by atoms with Crippen LogP contribution in [0, 0.1) is 11.8 Å². The summed E-state index contributed by atoms with van der Waals surface area (Å²) in [5.74, 6) is -2.14. The smallest absolute Gasteiger partial charge is 0.442 e. The van der Waals surface area contributed by atoms with Crippen molar-refractivity contribution in [2.45, 2.75) is 135 Å². The third-order valence-corrected chi connectivity index (χ3v) is 18.7. The van der Waals surface area contributed by atoms with Crippen molar-refractivity contribution in [3.8, 4) is 23.0 Å². The molecule has 0 spiro atoms. The summed E-state index contributed by atoms with van der Waals surface area (Å²) in [6, 6.07) is 25.6. The molecule has 9 amide bonds. The Hall–Kier alpha value is -11.3. The number of fused-ring (bicyclic) bond motifs is 8. The van der Waals surface area contributed by atoms with Crippen molar-refractivity contribution in [2.75, 3.05) is 63.3 Å². The number of rotatable bonds is 29. The second-order valence-corrected chi connectivity index (χ2v) is 26.8. The second-order valence-electron chi connectivity index (χ2n) is 26.8. The fraction of sp³-hybridized carbons (Fsp3) is 0.408. The van der Waals surface area contributed by atoms with Gasteiger partial charge < -0.3 is 65.8 Å². The van der Waals surface area contributed by atoms with Gasteiger partial charge in [0.05, 0.1) is 67.1 Å². The monoisotopic (exact) mass is 1510 g/mol. The van der Waals surface area contributed by atoms with Crippen LogP contribution in [0.5, 0.6) is 23.0 Å². The number of primary amides is 1.